The van der Waals surface area contributed by atoms with Crippen LogP contribution in [0.4, 0.5) is 5.82 Å². The van der Waals surface area contributed by atoms with Gasteiger partial charge in [0.2, 0.25) is 0 Å². The lowest BCUT2D eigenvalue weighted by Gasteiger charge is -2.17. The largest absolute Gasteiger partial charge is 0.370 e. The number of rotatable bonds is 6. The number of nitrogens with one attached hydrogen (secondary N) is 1. The zero-order valence-electron chi connectivity index (χ0n) is 12.3. The third kappa shape index (κ3) is 3.26. The molecule has 0 amide bonds. The van der Waals surface area contributed by atoms with Crippen LogP contribution in [0.1, 0.15) is 57.0 Å². The van der Waals surface area contributed by atoms with Crippen LogP contribution in [0.25, 0.3) is 0 Å². The second-order valence-corrected chi connectivity index (χ2v) is 6.63. The number of hydrogen-bond acceptors (Lipinski definition) is 3. The van der Waals surface area contributed by atoms with Crippen molar-refractivity contribution in [2.75, 3.05) is 11.9 Å². The van der Waals surface area contributed by atoms with Crippen LogP contribution in [0.5, 0.6) is 0 Å². The van der Waals surface area contributed by atoms with Gasteiger partial charge in [-0.1, -0.05) is 13.8 Å². The molecule has 1 aromatic rings. The molecule has 2 fully saturated rings. The Morgan fingerprint density at radius 1 is 1.16 bits per heavy atom. The number of hydrogen-bond donors (Lipinski definition) is 1. The molecule has 0 spiro atoms. The van der Waals surface area contributed by atoms with E-state index in [-0.39, 0.29) is 0 Å². The van der Waals surface area contributed by atoms with Crippen molar-refractivity contribution in [2.45, 2.75) is 52.4 Å². The van der Waals surface area contributed by atoms with E-state index in [9.17, 15) is 0 Å². The van der Waals surface area contributed by atoms with Gasteiger partial charge in [-0.15, -0.1) is 0 Å². The van der Waals surface area contributed by atoms with E-state index in [2.05, 4.69) is 42.1 Å². The summed E-state index contributed by atoms with van der Waals surface area (Å²) in [5.41, 5.74) is 1.07. The first kappa shape index (κ1) is 12.9. The predicted octanol–water partition coefficient (Wildman–Crippen LogP) is 3.76. The van der Waals surface area contributed by atoms with E-state index in [0.717, 1.165) is 41.6 Å². The highest BCUT2D eigenvalue weighted by atomic mass is 15.0. The molecule has 1 aromatic heterocycles. The summed E-state index contributed by atoms with van der Waals surface area (Å²) in [7, 11) is 0. The van der Waals surface area contributed by atoms with Gasteiger partial charge in [0.15, 0.2) is 0 Å². The van der Waals surface area contributed by atoms with E-state index in [0.29, 0.717) is 5.92 Å². The molecule has 2 saturated carbocycles. The molecule has 0 aromatic carbocycles. The highest BCUT2D eigenvalue weighted by Gasteiger charge is 2.41. The van der Waals surface area contributed by atoms with Crippen molar-refractivity contribution >= 4 is 5.82 Å². The summed E-state index contributed by atoms with van der Waals surface area (Å²) in [6.45, 7) is 7.45. The Balaban J connectivity index is 1.65. The molecule has 2 aliphatic carbocycles. The third-order valence-electron chi connectivity index (χ3n) is 4.36. The topological polar surface area (TPSA) is 37.8 Å². The van der Waals surface area contributed by atoms with Crippen molar-refractivity contribution in [3.63, 3.8) is 0 Å². The van der Waals surface area contributed by atoms with Crippen LogP contribution in [0.15, 0.2) is 6.07 Å². The normalized spacial score (nSPS) is 19.2. The van der Waals surface area contributed by atoms with Crippen molar-refractivity contribution in [2.24, 2.45) is 17.8 Å². The molecule has 3 rings (SSSR count). The highest BCUT2D eigenvalue weighted by molar-refractivity contribution is 5.36. The van der Waals surface area contributed by atoms with Gasteiger partial charge in [-0.3, -0.25) is 0 Å². The molecule has 19 heavy (non-hydrogen) atoms. The molecule has 0 atom stereocenters. The predicted molar refractivity (Wildman–Crippen MR) is 78.3 cm³/mol. The summed E-state index contributed by atoms with van der Waals surface area (Å²) in [4.78, 5) is 9.15. The smallest absolute Gasteiger partial charge is 0.133 e. The fourth-order valence-corrected chi connectivity index (χ4v) is 2.93. The quantitative estimate of drug-likeness (QED) is 0.845. The van der Waals surface area contributed by atoms with Crippen LogP contribution in [0, 0.1) is 24.7 Å². The van der Waals surface area contributed by atoms with Crippen LogP contribution in [-0.4, -0.2) is 16.5 Å². The number of nitrogens with zero attached hydrogens (tertiary/aromatic N) is 2. The summed E-state index contributed by atoms with van der Waals surface area (Å²) in [5.74, 6) is 5.24. The van der Waals surface area contributed by atoms with Gasteiger partial charge in [-0.2, -0.15) is 0 Å². The number of aryl methyl sites for hydroxylation is 1. The van der Waals surface area contributed by atoms with Gasteiger partial charge in [0, 0.05) is 24.2 Å². The van der Waals surface area contributed by atoms with Crippen molar-refractivity contribution in [1.82, 2.24) is 9.97 Å². The minimum absolute atomic E-state index is 0.392. The Morgan fingerprint density at radius 3 is 2.32 bits per heavy atom. The molecule has 3 heteroatoms. The molecule has 104 valence electrons. The van der Waals surface area contributed by atoms with Crippen LogP contribution >= 0.6 is 0 Å². The minimum Gasteiger partial charge on any atom is -0.370 e. The summed E-state index contributed by atoms with van der Waals surface area (Å²) >= 11 is 0. The summed E-state index contributed by atoms with van der Waals surface area (Å²) < 4.78 is 0. The Morgan fingerprint density at radius 2 is 1.79 bits per heavy atom. The highest BCUT2D eigenvalue weighted by Crippen LogP contribution is 2.49. The van der Waals surface area contributed by atoms with Gasteiger partial charge in [0.05, 0.1) is 0 Å². The molecule has 0 unspecified atom stereocenters. The summed E-state index contributed by atoms with van der Waals surface area (Å²) in [6.07, 6.45) is 5.79. The van der Waals surface area contributed by atoms with Crippen molar-refractivity contribution in [1.29, 1.82) is 0 Å². The van der Waals surface area contributed by atoms with Gasteiger partial charge in [-0.25, -0.2) is 9.97 Å². The zero-order chi connectivity index (χ0) is 13.4. The van der Waals surface area contributed by atoms with Gasteiger partial charge < -0.3 is 5.32 Å². The van der Waals surface area contributed by atoms with E-state index in [4.69, 9.17) is 0 Å². The monoisotopic (exact) mass is 259 g/mol. The molecule has 0 saturated heterocycles. The van der Waals surface area contributed by atoms with E-state index in [1.54, 1.807) is 0 Å². The average Bonchev–Trinajstić information content (AvgIpc) is 3.23. The van der Waals surface area contributed by atoms with Crippen molar-refractivity contribution in [3.8, 4) is 0 Å². The van der Waals surface area contributed by atoms with Crippen LogP contribution < -0.4 is 5.32 Å². The lowest BCUT2D eigenvalue weighted by molar-refractivity contribution is 0.427. The molecule has 0 radical (unpaired) electrons. The first-order valence-electron chi connectivity index (χ1n) is 7.73. The number of aromatic nitrogens is 2. The van der Waals surface area contributed by atoms with E-state index < -0.39 is 0 Å². The maximum Gasteiger partial charge on any atom is 0.133 e. The maximum absolute atomic E-state index is 4.64. The number of anilines is 1. The summed E-state index contributed by atoms with van der Waals surface area (Å²) in [5, 5.41) is 3.57. The van der Waals surface area contributed by atoms with E-state index in [1.807, 2.05) is 0 Å². The molecule has 0 bridgehead atoms. The molecule has 3 nitrogen and oxygen atoms in total. The van der Waals surface area contributed by atoms with Gasteiger partial charge in [0.25, 0.3) is 0 Å². The van der Waals surface area contributed by atoms with Crippen molar-refractivity contribution in [3.05, 3.63) is 17.6 Å². The van der Waals surface area contributed by atoms with Crippen LogP contribution in [0.3, 0.4) is 0 Å². The maximum atomic E-state index is 4.64. The zero-order valence-corrected chi connectivity index (χ0v) is 12.3. The van der Waals surface area contributed by atoms with Crippen LogP contribution in [0.2, 0.25) is 0 Å². The average molecular weight is 259 g/mol. The Bertz CT molecular complexity index is 435. The molecular weight excluding hydrogens is 234 g/mol. The van der Waals surface area contributed by atoms with E-state index >= 15 is 0 Å². The Kier molecular flexibility index (Phi) is 3.46. The van der Waals surface area contributed by atoms with Gasteiger partial charge in [0.1, 0.15) is 11.6 Å². The minimum atomic E-state index is 0.392. The fraction of sp³-hybridized carbons (Fsp3) is 0.750. The van der Waals surface area contributed by atoms with Crippen LogP contribution in [-0.2, 0) is 0 Å². The summed E-state index contributed by atoms with van der Waals surface area (Å²) in [6, 6.07) is 2.07. The lowest BCUT2D eigenvalue weighted by Crippen LogP contribution is -2.19. The third-order valence-corrected chi connectivity index (χ3v) is 4.36. The molecule has 2 aliphatic rings. The fourth-order valence-electron chi connectivity index (χ4n) is 2.93. The van der Waals surface area contributed by atoms with E-state index in [1.165, 1.54) is 25.7 Å². The first-order valence-corrected chi connectivity index (χ1v) is 7.73. The second-order valence-electron chi connectivity index (χ2n) is 6.63. The molecule has 1 heterocycles. The molecule has 0 aliphatic heterocycles. The SMILES string of the molecule is Cc1cc(NCC(C2CC2)C2CC2)nc(C(C)C)n1. The Hall–Kier alpha value is -1.12. The Labute approximate surface area is 116 Å². The van der Waals surface area contributed by atoms with Gasteiger partial charge in [-0.05, 0) is 50.4 Å². The molecular formula is C16H25N3. The lowest BCUT2D eigenvalue weighted by atomic mass is 9.98. The molecule has 1 N–H and O–H groups in total. The second kappa shape index (κ2) is 5.10. The van der Waals surface area contributed by atoms with Gasteiger partial charge >= 0.3 is 0 Å². The first-order chi connectivity index (χ1) is 9.13. The standard InChI is InChI=1S/C16H25N3/c1-10(2)16-18-11(3)8-15(19-16)17-9-14(12-4-5-12)13-6-7-13/h8,10,12-14H,4-7,9H2,1-3H3,(H,17,18,19). The van der Waals surface area contributed by atoms with Crippen molar-refractivity contribution < 1.29 is 0 Å².